The van der Waals surface area contributed by atoms with Gasteiger partial charge in [-0.2, -0.15) is 0 Å². The second-order valence-corrected chi connectivity index (χ2v) is 7.16. The Morgan fingerprint density at radius 2 is 1.92 bits per heavy atom. The Hall–Kier alpha value is -2.25. The van der Waals surface area contributed by atoms with E-state index in [9.17, 15) is 4.79 Å². The number of carbonyl (C=O) groups is 1. The van der Waals surface area contributed by atoms with E-state index >= 15 is 0 Å². The van der Waals surface area contributed by atoms with E-state index in [1.165, 1.54) is 11.8 Å². The van der Waals surface area contributed by atoms with Crippen LogP contribution in [-0.2, 0) is 5.75 Å². The van der Waals surface area contributed by atoms with Crippen LogP contribution in [0.5, 0.6) is 0 Å². The molecule has 0 bridgehead atoms. The third kappa shape index (κ3) is 3.64. The third-order valence-corrected chi connectivity index (χ3v) is 5.44. The smallest absolute Gasteiger partial charge is 0.289 e. The van der Waals surface area contributed by atoms with Gasteiger partial charge < -0.3 is 18.6 Å². The van der Waals surface area contributed by atoms with E-state index < -0.39 is 0 Å². The SMILES string of the molecule is CCN1CCN(C(=O)c2ccc(CSc3nc4ccccc4o3)o2)CC1. The number of nitrogens with zero attached hydrogens (tertiary/aromatic N) is 3. The zero-order valence-corrected chi connectivity index (χ0v) is 15.5. The number of para-hydroxylation sites is 2. The van der Waals surface area contributed by atoms with Crippen LogP contribution in [0.3, 0.4) is 0 Å². The van der Waals surface area contributed by atoms with E-state index in [2.05, 4.69) is 16.8 Å². The zero-order valence-electron chi connectivity index (χ0n) is 14.7. The molecule has 2 aromatic heterocycles. The minimum atomic E-state index is -0.0288. The Kier molecular flexibility index (Phi) is 4.99. The molecule has 1 amide bonds. The first-order valence-corrected chi connectivity index (χ1v) is 9.80. The van der Waals surface area contributed by atoms with Gasteiger partial charge >= 0.3 is 0 Å². The number of thioether (sulfide) groups is 1. The molecule has 0 atom stereocenters. The van der Waals surface area contributed by atoms with Crippen molar-refractivity contribution in [3.63, 3.8) is 0 Å². The lowest BCUT2D eigenvalue weighted by Gasteiger charge is -2.33. The maximum Gasteiger partial charge on any atom is 0.289 e. The van der Waals surface area contributed by atoms with E-state index in [0.717, 1.165) is 49.6 Å². The monoisotopic (exact) mass is 371 g/mol. The van der Waals surface area contributed by atoms with E-state index in [1.54, 1.807) is 6.07 Å². The molecule has 26 heavy (non-hydrogen) atoms. The molecule has 3 heterocycles. The predicted octanol–water partition coefficient (Wildman–Crippen LogP) is 3.49. The first-order valence-electron chi connectivity index (χ1n) is 8.81. The summed E-state index contributed by atoms with van der Waals surface area (Å²) in [5.74, 6) is 1.69. The van der Waals surface area contributed by atoms with E-state index in [-0.39, 0.29) is 5.91 Å². The number of oxazole rings is 1. The molecule has 0 aliphatic carbocycles. The minimum absolute atomic E-state index is 0.0288. The lowest BCUT2D eigenvalue weighted by atomic mass is 10.3. The highest BCUT2D eigenvalue weighted by Crippen LogP contribution is 2.27. The van der Waals surface area contributed by atoms with Crippen molar-refractivity contribution < 1.29 is 13.6 Å². The highest BCUT2D eigenvalue weighted by Gasteiger charge is 2.23. The number of rotatable bonds is 5. The average molecular weight is 371 g/mol. The Bertz CT molecular complexity index is 863. The number of aromatic nitrogens is 1. The molecule has 7 heteroatoms. The number of fused-ring (bicyclic) bond motifs is 1. The van der Waals surface area contributed by atoms with Gasteiger partial charge in [-0.1, -0.05) is 30.8 Å². The van der Waals surface area contributed by atoms with Crippen LogP contribution in [-0.4, -0.2) is 53.4 Å². The van der Waals surface area contributed by atoms with Gasteiger partial charge in [-0.15, -0.1) is 0 Å². The summed E-state index contributed by atoms with van der Waals surface area (Å²) in [6.07, 6.45) is 0. The summed E-state index contributed by atoms with van der Waals surface area (Å²) in [5.41, 5.74) is 1.62. The summed E-state index contributed by atoms with van der Waals surface area (Å²) in [4.78, 5) is 21.2. The summed E-state index contributed by atoms with van der Waals surface area (Å²) in [5, 5.41) is 0.603. The van der Waals surface area contributed by atoms with Crippen molar-refractivity contribution in [1.29, 1.82) is 0 Å². The Labute approximate surface area is 156 Å². The highest BCUT2D eigenvalue weighted by atomic mass is 32.2. The molecule has 3 aromatic rings. The van der Waals surface area contributed by atoms with Gasteiger partial charge in [0, 0.05) is 26.2 Å². The van der Waals surface area contributed by atoms with Crippen LogP contribution in [0.15, 0.2) is 50.5 Å². The van der Waals surface area contributed by atoms with Crippen molar-refractivity contribution in [1.82, 2.24) is 14.8 Å². The van der Waals surface area contributed by atoms with Gasteiger partial charge in [0.2, 0.25) is 0 Å². The van der Waals surface area contributed by atoms with Crippen molar-refractivity contribution >= 4 is 28.8 Å². The molecule has 4 rings (SSSR count). The fraction of sp³-hybridized carbons (Fsp3) is 0.368. The van der Waals surface area contributed by atoms with E-state index in [4.69, 9.17) is 8.83 Å². The molecule has 1 saturated heterocycles. The second-order valence-electron chi connectivity index (χ2n) is 6.23. The molecule has 0 spiro atoms. The van der Waals surface area contributed by atoms with Crippen LogP contribution >= 0.6 is 11.8 Å². The van der Waals surface area contributed by atoms with Crippen LogP contribution in [0.2, 0.25) is 0 Å². The Balaban J connectivity index is 1.36. The molecule has 6 nitrogen and oxygen atoms in total. The summed E-state index contributed by atoms with van der Waals surface area (Å²) >= 11 is 1.46. The van der Waals surface area contributed by atoms with Crippen molar-refractivity contribution in [3.8, 4) is 0 Å². The van der Waals surface area contributed by atoms with Crippen LogP contribution in [0.1, 0.15) is 23.2 Å². The number of hydrogen-bond acceptors (Lipinski definition) is 6. The number of piperazine rings is 1. The molecule has 0 unspecified atom stereocenters. The van der Waals surface area contributed by atoms with Gasteiger partial charge in [0.15, 0.2) is 11.3 Å². The summed E-state index contributed by atoms with van der Waals surface area (Å²) in [6.45, 7) is 6.51. The first-order chi connectivity index (χ1) is 12.7. The molecule has 0 saturated carbocycles. The highest BCUT2D eigenvalue weighted by molar-refractivity contribution is 7.98. The maximum atomic E-state index is 12.6. The van der Waals surface area contributed by atoms with Crippen molar-refractivity contribution in [3.05, 3.63) is 47.9 Å². The fourth-order valence-electron chi connectivity index (χ4n) is 3.04. The Morgan fingerprint density at radius 3 is 2.69 bits per heavy atom. The van der Waals surface area contributed by atoms with Crippen LogP contribution < -0.4 is 0 Å². The van der Waals surface area contributed by atoms with Crippen LogP contribution in [0.25, 0.3) is 11.1 Å². The topological polar surface area (TPSA) is 62.7 Å². The van der Waals surface area contributed by atoms with E-state index in [1.807, 2.05) is 35.2 Å². The minimum Gasteiger partial charge on any atom is -0.455 e. The summed E-state index contributed by atoms with van der Waals surface area (Å²) in [6, 6.07) is 11.3. The second kappa shape index (κ2) is 7.55. The first kappa shape index (κ1) is 17.2. The molecular formula is C19H21N3O3S. The quantitative estimate of drug-likeness (QED) is 0.640. The molecule has 1 aromatic carbocycles. The molecule has 0 N–H and O–H groups in total. The molecule has 1 fully saturated rings. The number of carbonyl (C=O) groups excluding carboxylic acids is 1. The fourth-order valence-corrected chi connectivity index (χ4v) is 3.77. The van der Waals surface area contributed by atoms with Crippen molar-refractivity contribution in [2.24, 2.45) is 0 Å². The number of furan rings is 1. The molecular weight excluding hydrogens is 350 g/mol. The number of hydrogen-bond donors (Lipinski definition) is 0. The molecule has 1 aliphatic rings. The van der Waals surface area contributed by atoms with Crippen LogP contribution in [0, 0.1) is 0 Å². The summed E-state index contributed by atoms with van der Waals surface area (Å²) in [7, 11) is 0. The van der Waals surface area contributed by atoms with Gasteiger partial charge in [0.05, 0.1) is 5.75 Å². The lowest BCUT2D eigenvalue weighted by Crippen LogP contribution is -2.48. The standard InChI is InChI=1S/C19H21N3O3S/c1-2-21-9-11-22(12-10-21)18(23)17-8-7-14(24-17)13-26-19-20-15-5-3-4-6-16(15)25-19/h3-8H,2,9-13H2,1H3. The molecule has 1 aliphatic heterocycles. The largest absolute Gasteiger partial charge is 0.455 e. The van der Waals surface area contributed by atoms with Crippen molar-refractivity contribution in [2.45, 2.75) is 17.9 Å². The van der Waals surface area contributed by atoms with Gasteiger partial charge in [-0.3, -0.25) is 4.79 Å². The Morgan fingerprint density at radius 1 is 1.12 bits per heavy atom. The van der Waals surface area contributed by atoms with E-state index in [0.29, 0.717) is 16.7 Å². The zero-order chi connectivity index (χ0) is 17.9. The number of amides is 1. The third-order valence-electron chi connectivity index (χ3n) is 4.59. The van der Waals surface area contributed by atoms with Gasteiger partial charge in [0.25, 0.3) is 11.1 Å². The number of benzene rings is 1. The normalized spacial score (nSPS) is 15.7. The van der Waals surface area contributed by atoms with Gasteiger partial charge in [-0.05, 0) is 30.8 Å². The van der Waals surface area contributed by atoms with Gasteiger partial charge in [0.1, 0.15) is 11.3 Å². The van der Waals surface area contributed by atoms with Gasteiger partial charge in [-0.25, -0.2) is 4.98 Å². The summed E-state index contributed by atoms with van der Waals surface area (Å²) < 4.78 is 11.4. The lowest BCUT2D eigenvalue weighted by molar-refractivity contribution is 0.0611. The molecule has 136 valence electrons. The van der Waals surface area contributed by atoms with Crippen molar-refractivity contribution in [2.75, 3.05) is 32.7 Å². The van der Waals surface area contributed by atoms with Crippen LogP contribution in [0.4, 0.5) is 0 Å². The molecule has 0 radical (unpaired) electrons. The number of likely N-dealkylation sites (N-methyl/N-ethyl adjacent to an activating group) is 1. The predicted molar refractivity (Wildman–Crippen MR) is 100 cm³/mol. The average Bonchev–Trinajstić information content (AvgIpc) is 3.32. The maximum absolute atomic E-state index is 12.6.